The zero-order valence-electron chi connectivity index (χ0n) is 4.59. The van der Waals surface area contributed by atoms with E-state index in [1.54, 1.807) is 0 Å². The molecule has 0 aromatic heterocycles. The first kappa shape index (κ1) is 8.67. The zero-order chi connectivity index (χ0) is 7.28. The van der Waals surface area contributed by atoms with Crippen LogP contribution in [-0.4, -0.2) is 16.5 Å². The van der Waals surface area contributed by atoms with Crippen LogP contribution in [-0.2, 0) is 9.53 Å². The molecule has 0 aliphatic carbocycles. The van der Waals surface area contributed by atoms with Gasteiger partial charge in [0.25, 0.3) is 0 Å². The highest BCUT2D eigenvalue weighted by Crippen LogP contribution is 1.90. The maximum atomic E-state index is 10.3. The van der Waals surface area contributed by atoms with Crippen molar-refractivity contribution in [3.05, 3.63) is 0 Å². The Balaban J connectivity index is 3.39. The summed E-state index contributed by atoms with van der Waals surface area (Å²) < 4.78 is 4.61. The average Bonchev–Trinajstić information content (AvgIpc) is 1.63. The molecular weight excluding hydrogens is 237 g/mol. The predicted octanol–water partition coefficient (Wildman–Crippen LogP) is 0.433. The fraction of sp³-hybridized carbons (Fsp3) is 0.500. The molecule has 0 fully saturated rings. The molecule has 0 unspecified atom stereocenters. The van der Waals surface area contributed by atoms with Gasteiger partial charge in [0.05, 0.1) is 6.42 Å². The Morgan fingerprint density at radius 1 is 1.56 bits per heavy atom. The lowest BCUT2D eigenvalue weighted by molar-refractivity contribution is -0.136. The fourth-order valence-corrected chi connectivity index (χ4v) is 0.681. The first-order chi connectivity index (χ1) is 4.16. The number of carbonyl (C=O) groups is 2. The van der Waals surface area contributed by atoms with Gasteiger partial charge in [0.2, 0.25) is 0 Å². The molecule has 0 rings (SSSR count). The van der Waals surface area contributed by atoms with Crippen molar-refractivity contribution in [1.29, 1.82) is 0 Å². The number of hydrogen-bond donors (Lipinski definition) is 1. The van der Waals surface area contributed by atoms with Crippen LogP contribution in [0.25, 0.3) is 0 Å². The second-order valence-electron chi connectivity index (χ2n) is 1.23. The smallest absolute Gasteiger partial charge is 0.376 e. The van der Waals surface area contributed by atoms with E-state index in [-0.39, 0.29) is 6.42 Å². The van der Waals surface area contributed by atoms with Crippen LogP contribution in [0.1, 0.15) is 6.42 Å². The van der Waals surface area contributed by atoms with E-state index >= 15 is 0 Å². The highest BCUT2D eigenvalue weighted by atomic mass is 127. The van der Waals surface area contributed by atoms with Crippen LogP contribution in [0.3, 0.4) is 0 Å². The van der Waals surface area contributed by atoms with Gasteiger partial charge in [-0.15, -0.1) is 0 Å². The first-order valence-electron chi connectivity index (χ1n) is 2.23. The van der Waals surface area contributed by atoms with Gasteiger partial charge < -0.3 is 10.5 Å². The minimum absolute atomic E-state index is 0.226. The summed E-state index contributed by atoms with van der Waals surface area (Å²) in [4.78, 5) is 20.2. The lowest BCUT2D eigenvalue weighted by Gasteiger charge is -1.93. The molecule has 0 heterocycles. The average molecular weight is 243 g/mol. The third-order valence-corrected chi connectivity index (χ3v) is 1.05. The second-order valence-corrected chi connectivity index (χ2v) is 2.31. The summed E-state index contributed by atoms with van der Waals surface area (Å²) in [6.07, 6.45) is -0.811. The van der Waals surface area contributed by atoms with Gasteiger partial charge in [-0.2, -0.15) is 0 Å². The molecule has 0 aliphatic rings. The molecule has 4 nitrogen and oxygen atoms in total. The van der Waals surface area contributed by atoms with Crippen molar-refractivity contribution in [3.63, 3.8) is 0 Å². The highest BCUT2D eigenvalue weighted by Gasteiger charge is 2.03. The molecule has 0 saturated carbocycles. The maximum Gasteiger partial charge on any atom is 0.412 e. The largest absolute Gasteiger partial charge is 0.412 e. The van der Waals surface area contributed by atoms with Crippen molar-refractivity contribution < 1.29 is 14.3 Å². The minimum atomic E-state index is -1.04. The van der Waals surface area contributed by atoms with E-state index in [0.29, 0.717) is 4.43 Å². The summed E-state index contributed by atoms with van der Waals surface area (Å²) in [5.41, 5.74) is 4.54. The lowest BCUT2D eigenvalue weighted by Crippen LogP contribution is -2.18. The summed E-state index contributed by atoms with van der Waals surface area (Å²) in [6.45, 7) is 0. The number of alkyl halides is 1. The third-order valence-electron chi connectivity index (χ3n) is 0.513. The Bertz CT molecular complexity index is 125. The van der Waals surface area contributed by atoms with Gasteiger partial charge in [0.1, 0.15) is 0 Å². The predicted molar refractivity (Wildman–Crippen MR) is 39.2 cm³/mol. The Hall–Kier alpha value is -0.330. The quantitative estimate of drug-likeness (QED) is 0.331. The van der Waals surface area contributed by atoms with Crippen LogP contribution in [0.15, 0.2) is 0 Å². The summed E-state index contributed by atoms with van der Waals surface area (Å²) in [6, 6.07) is 0. The molecule has 0 saturated heterocycles. The number of ether oxygens (including phenoxy) is 1. The van der Waals surface area contributed by atoms with Gasteiger partial charge in [-0.25, -0.2) is 4.79 Å². The van der Waals surface area contributed by atoms with Crippen molar-refractivity contribution in [2.45, 2.75) is 6.42 Å². The number of rotatable bonds is 2. The number of nitrogens with two attached hydrogens (primary N) is 1. The number of halogens is 1. The Kier molecular flexibility index (Phi) is 4.37. The van der Waals surface area contributed by atoms with Crippen LogP contribution >= 0.6 is 22.6 Å². The monoisotopic (exact) mass is 243 g/mol. The fourth-order valence-electron chi connectivity index (χ4n) is 0.240. The Labute approximate surface area is 65.9 Å². The molecule has 0 aliphatic heterocycles. The van der Waals surface area contributed by atoms with Gasteiger partial charge in [-0.1, -0.05) is 22.6 Å². The van der Waals surface area contributed by atoms with E-state index in [2.05, 4.69) is 10.5 Å². The zero-order valence-corrected chi connectivity index (χ0v) is 6.75. The van der Waals surface area contributed by atoms with Gasteiger partial charge in [0, 0.05) is 4.43 Å². The molecule has 0 bridgehead atoms. The van der Waals surface area contributed by atoms with Crippen molar-refractivity contribution in [2.24, 2.45) is 5.73 Å². The van der Waals surface area contributed by atoms with Gasteiger partial charge in [0.15, 0.2) is 0 Å². The van der Waals surface area contributed by atoms with E-state index in [4.69, 9.17) is 0 Å². The number of esters is 1. The molecule has 5 heteroatoms. The standard InChI is InChI=1S/C4H6INO3/c5-2-1-3(7)9-4(6)8/h1-2H2,(H2,6,8). The van der Waals surface area contributed by atoms with Crippen LogP contribution in [0.2, 0.25) is 0 Å². The molecule has 52 valence electrons. The maximum absolute atomic E-state index is 10.3. The summed E-state index contributed by atoms with van der Waals surface area (Å²) in [7, 11) is 0. The molecule has 0 atom stereocenters. The molecule has 0 spiro atoms. The van der Waals surface area contributed by atoms with Crippen molar-refractivity contribution in [3.8, 4) is 0 Å². The van der Waals surface area contributed by atoms with Crippen LogP contribution in [0.4, 0.5) is 4.79 Å². The molecule has 0 aromatic rings. The second kappa shape index (κ2) is 4.54. The van der Waals surface area contributed by atoms with Gasteiger partial charge in [-0.3, -0.25) is 4.79 Å². The molecular formula is C4H6INO3. The topological polar surface area (TPSA) is 69.4 Å². The number of amides is 1. The van der Waals surface area contributed by atoms with E-state index in [9.17, 15) is 9.59 Å². The van der Waals surface area contributed by atoms with E-state index in [1.165, 1.54) is 0 Å². The normalized spacial score (nSPS) is 8.56. The molecule has 2 N–H and O–H groups in total. The minimum Gasteiger partial charge on any atom is -0.376 e. The number of primary amides is 1. The van der Waals surface area contributed by atoms with Crippen molar-refractivity contribution >= 4 is 34.7 Å². The molecule has 0 radical (unpaired) electrons. The van der Waals surface area contributed by atoms with E-state index in [0.717, 1.165) is 0 Å². The third kappa shape index (κ3) is 5.54. The molecule has 1 amide bonds. The van der Waals surface area contributed by atoms with Gasteiger partial charge in [-0.05, 0) is 0 Å². The highest BCUT2D eigenvalue weighted by molar-refractivity contribution is 14.1. The van der Waals surface area contributed by atoms with E-state index in [1.807, 2.05) is 22.6 Å². The van der Waals surface area contributed by atoms with Crippen LogP contribution < -0.4 is 5.73 Å². The summed E-state index contributed by atoms with van der Waals surface area (Å²) in [5.74, 6) is -0.572. The SMILES string of the molecule is NC(=O)OC(=O)CCI. The van der Waals surface area contributed by atoms with Crippen molar-refractivity contribution in [1.82, 2.24) is 0 Å². The van der Waals surface area contributed by atoms with Crippen molar-refractivity contribution in [2.75, 3.05) is 4.43 Å². The summed E-state index contributed by atoms with van der Waals surface area (Å²) >= 11 is 2.00. The van der Waals surface area contributed by atoms with Crippen LogP contribution in [0, 0.1) is 0 Å². The lowest BCUT2D eigenvalue weighted by atomic mass is 10.5. The number of hydrogen-bond acceptors (Lipinski definition) is 3. The Morgan fingerprint density at radius 2 is 2.11 bits per heavy atom. The Morgan fingerprint density at radius 3 is 2.44 bits per heavy atom. The molecule has 9 heavy (non-hydrogen) atoms. The first-order valence-corrected chi connectivity index (χ1v) is 3.75. The molecule has 0 aromatic carbocycles. The van der Waals surface area contributed by atoms with E-state index < -0.39 is 12.1 Å². The summed E-state index contributed by atoms with van der Waals surface area (Å²) in [5, 5.41) is 0. The van der Waals surface area contributed by atoms with Crippen LogP contribution in [0.5, 0.6) is 0 Å². The van der Waals surface area contributed by atoms with Gasteiger partial charge >= 0.3 is 12.1 Å². The number of carbonyl (C=O) groups excluding carboxylic acids is 2.